The second-order valence-corrected chi connectivity index (χ2v) is 11.0. The van der Waals surface area contributed by atoms with Gasteiger partial charge in [0, 0.05) is 22.3 Å². The van der Waals surface area contributed by atoms with Gasteiger partial charge < -0.3 is 14.9 Å². The number of allylic oxidation sites excluding steroid dienone is 2. The molecule has 0 aromatic rings. The lowest BCUT2D eigenvalue weighted by Crippen LogP contribution is -2.70. The fourth-order valence-electron chi connectivity index (χ4n) is 7.83. The van der Waals surface area contributed by atoms with Crippen molar-refractivity contribution in [1.29, 1.82) is 0 Å². The molecule has 3 saturated carbocycles. The number of ketones is 1. The maximum Gasteiger partial charge on any atom is 0.333 e. The van der Waals surface area contributed by atoms with Gasteiger partial charge in [0.15, 0.2) is 0 Å². The first-order valence-corrected chi connectivity index (χ1v) is 11.9. The normalized spacial score (nSPS) is 47.0. The number of carbonyl (C=O) groups excluding carboxylic acids is 2. The predicted molar refractivity (Wildman–Crippen MR) is 118 cm³/mol. The fourth-order valence-corrected chi connectivity index (χ4v) is 7.83. The highest BCUT2D eigenvalue weighted by Crippen LogP contribution is 2.70. The van der Waals surface area contributed by atoms with Crippen molar-refractivity contribution in [2.45, 2.75) is 97.4 Å². The van der Waals surface area contributed by atoms with Gasteiger partial charge in [-0.25, -0.2) is 4.79 Å². The SMILES string of the molecule is C/C=C(\C)C(=O)O[C@@H]1C[C@@H]2C3CC[C@H](O)CC3=CC[C@@]2(C)[C@@]2(O)CC[C@H](C(C)=O)[C@@]12C. The molecule has 0 heterocycles. The Morgan fingerprint density at radius 2 is 1.90 bits per heavy atom. The standard InChI is InChI=1S/C26H38O5/c1-6-15(2)23(29)31-22-14-21-19-8-7-18(28)13-17(19)9-11-24(21,4)26(30)12-10-20(16(3)27)25(22,26)5/h6,9,18-22,28,30H,7-8,10-14H2,1-5H3/b15-6+/t18-,19?,20+,21+,22+,24+,25-,26-/m0/s1. The smallest absolute Gasteiger partial charge is 0.333 e. The van der Waals surface area contributed by atoms with Crippen molar-refractivity contribution in [3.05, 3.63) is 23.3 Å². The van der Waals surface area contributed by atoms with Crippen LogP contribution in [0.2, 0.25) is 0 Å². The van der Waals surface area contributed by atoms with Crippen LogP contribution in [-0.2, 0) is 14.3 Å². The van der Waals surface area contributed by atoms with Crippen molar-refractivity contribution >= 4 is 11.8 Å². The fraction of sp³-hybridized carbons (Fsp3) is 0.769. The van der Waals surface area contributed by atoms with Crippen LogP contribution in [0, 0.1) is 28.6 Å². The minimum atomic E-state index is -1.09. The quantitative estimate of drug-likeness (QED) is 0.400. The number of aliphatic hydroxyl groups is 2. The van der Waals surface area contributed by atoms with E-state index in [9.17, 15) is 19.8 Å². The molecule has 172 valence electrons. The number of hydrogen-bond acceptors (Lipinski definition) is 5. The molecule has 4 aliphatic rings. The molecule has 0 saturated heterocycles. The van der Waals surface area contributed by atoms with Crippen LogP contribution in [0.5, 0.6) is 0 Å². The molecule has 8 atom stereocenters. The van der Waals surface area contributed by atoms with Crippen molar-refractivity contribution < 1.29 is 24.5 Å². The summed E-state index contributed by atoms with van der Waals surface area (Å²) < 4.78 is 6.11. The van der Waals surface area contributed by atoms with E-state index in [2.05, 4.69) is 13.0 Å². The van der Waals surface area contributed by atoms with E-state index in [0.717, 1.165) is 19.3 Å². The molecule has 31 heavy (non-hydrogen) atoms. The molecule has 0 spiro atoms. The summed E-state index contributed by atoms with van der Waals surface area (Å²) in [6.07, 6.45) is 8.12. The number of ether oxygens (including phenoxy) is 1. The van der Waals surface area contributed by atoms with Gasteiger partial charge in [-0.15, -0.1) is 0 Å². The second-order valence-electron chi connectivity index (χ2n) is 11.0. The summed E-state index contributed by atoms with van der Waals surface area (Å²) in [7, 11) is 0. The summed E-state index contributed by atoms with van der Waals surface area (Å²) in [6.45, 7) is 9.33. The maximum absolute atomic E-state index is 12.8. The Morgan fingerprint density at radius 1 is 1.19 bits per heavy atom. The van der Waals surface area contributed by atoms with Crippen LogP contribution in [0.4, 0.5) is 0 Å². The lowest BCUT2D eigenvalue weighted by atomic mass is 9.42. The average Bonchev–Trinajstić information content (AvgIpc) is 3.02. The molecule has 3 fully saturated rings. The minimum Gasteiger partial charge on any atom is -0.458 e. The molecule has 0 radical (unpaired) electrons. The molecule has 1 unspecified atom stereocenters. The van der Waals surface area contributed by atoms with Gasteiger partial charge in [0.05, 0.1) is 11.7 Å². The summed E-state index contributed by atoms with van der Waals surface area (Å²) in [6, 6.07) is 0. The molecule has 2 N–H and O–H groups in total. The molecule has 5 heteroatoms. The highest BCUT2D eigenvalue weighted by atomic mass is 16.5. The van der Waals surface area contributed by atoms with Crippen molar-refractivity contribution in [1.82, 2.24) is 0 Å². The Labute approximate surface area is 185 Å². The summed E-state index contributed by atoms with van der Waals surface area (Å²) >= 11 is 0. The Morgan fingerprint density at radius 3 is 2.55 bits per heavy atom. The van der Waals surface area contributed by atoms with Gasteiger partial charge in [0.1, 0.15) is 11.9 Å². The third-order valence-electron chi connectivity index (χ3n) is 9.84. The van der Waals surface area contributed by atoms with E-state index in [1.54, 1.807) is 19.9 Å². The van der Waals surface area contributed by atoms with Crippen LogP contribution >= 0.6 is 0 Å². The Kier molecular flexibility index (Phi) is 5.54. The van der Waals surface area contributed by atoms with E-state index < -0.39 is 17.1 Å². The number of carbonyl (C=O) groups is 2. The summed E-state index contributed by atoms with van der Waals surface area (Å²) in [5.41, 5.74) is -0.451. The average molecular weight is 431 g/mol. The summed E-state index contributed by atoms with van der Waals surface area (Å²) in [5, 5.41) is 22.6. The number of esters is 1. The van der Waals surface area contributed by atoms with Gasteiger partial charge in [-0.05, 0) is 77.6 Å². The first kappa shape index (κ1) is 22.7. The van der Waals surface area contributed by atoms with E-state index in [-0.39, 0.29) is 41.0 Å². The van der Waals surface area contributed by atoms with Gasteiger partial charge in [-0.1, -0.05) is 31.6 Å². The lowest BCUT2D eigenvalue weighted by Gasteiger charge is -2.65. The highest BCUT2D eigenvalue weighted by molar-refractivity contribution is 5.88. The van der Waals surface area contributed by atoms with E-state index in [1.807, 2.05) is 13.8 Å². The third kappa shape index (κ3) is 3.02. The number of fused-ring (bicyclic) bond motifs is 5. The lowest BCUT2D eigenvalue weighted by molar-refractivity contribution is -0.258. The summed E-state index contributed by atoms with van der Waals surface area (Å²) in [5.74, 6) is -0.169. The molecule has 0 aliphatic heterocycles. The van der Waals surface area contributed by atoms with Crippen LogP contribution in [0.25, 0.3) is 0 Å². The number of aliphatic hydroxyl groups excluding tert-OH is 1. The number of rotatable bonds is 3. The van der Waals surface area contributed by atoms with E-state index >= 15 is 0 Å². The summed E-state index contributed by atoms with van der Waals surface area (Å²) in [4.78, 5) is 25.5. The molecule has 0 aromatic carbocycles. The Balaban J connectivity index is 1.81. The molecule has 4 aliphatic carbocycles. The first-order valence-electron chi connectivity index (χ1n) is 11.9. The molecule has 0 bridgehead atoms. The number of Topliss-reactive ketones (excluding diaryl/α,β-unsaturated/α-hetero) is 1. The van der Waals surface area contributed by atoms with Gasteiger partial charge >= 0.3 is 5.97 Å². The largest absolute Gasteiger partial charge is 0.458 e. The maximum atomic E-state index is 12.8. The first-order chi connectivity index (χ1) is 14.5. The molecule has 5 nitrogen and oxygen atoms in total. The number of hydrogen-bond donors (Lipinski definition) is 2. The van der Waals surface area contributed by atoms with Gasteiger partial charge in [-0.3, -0.25) is 4.79 Å². The monoisotopic (exact) mass is 430 g/mol. The zero-order valence-electron chi connectivity index (χ0n) is 19.6. The van der Waals surface area contributed by atoms with Crippen molar-refractivity contribution in [2.24, 2.45) is 28.6 Å². The third-order valence-corrected chi connectivity index (χ3v) is 9.84. The van der Waals surface area contributed by atoms with E-state index in [1.165, 1.54) is 5.57 Å². The van der Waals surface area contributed by atoms with Crippen LogP contribution in [0.3, 0.4) is 0 Å². The zero-order chi connectivity index (χ0) is 22.8. The second kappa shape index (κ2) is 7.55. The van der Waals surface area contributed by atoms with E-state index in [0.29, 0.717) is 31.3 Å². The van der Waals surface area contributed by atoms with Crippen molar-refractivity contribution in [3.8, 4) is 0 Å². The van der Waals surface area contributed by atoms with Crippen molar-refractivity contribution in [2.75, 3.05) is 0 Å². The minimum absolute atomic E-state index is 0.0668. The van der Waals surface area contributed by atoms with Crippen LogP contribution < -0.4 is 0 Å². The Bertz CT molecular complexity index is 843. The topological polar surface area (TPSA) is 83.8 Å². The van der Waals surface area contributed by atoms with E-state index in [4.69, 9.17) is 4.74 Å². The zero-order valence-corrected chi connectivity index (χ0v) is 19.6. The molecule has 0 aromatic heterocycles. The molecular weight excluding hydrogens is 392 g/mol. The van der Waals surface area contributed by atoms with Crippen LogP contribution in [0.15, 0.2) is 23.3 Å². The molecular formula is C26H38O5. The van der Waals surface area contributed by atoms with Crippen LogP contribution in [-0.4, -0.2) is 39.8 Å². The van der Waals surface area contributed by atoms with Gasteiger partial charge in [0.25, 0.3) is 0 Å². The Hall–Kier alpha value is -1.46. The highest BCUT2D eigenvalue weighted by Gasteiger charge is 2.74. The van der Waals surface area contributed by atoms with Crippen LogP contribution in [0.1, 0.15) is 79.6 Å². The van der Waals surface area contributed by atoms with Gasteiger partial charge in [0.2, 0.25) is 0 Å². The van der Waals surface area contributed by atoms with Gasteiger partial charge in [-0.2, -0.15) is 0 Å². The van der Waals surface area contributed by atoms with Crippen molar-refractivity contribution in [3.63, 3.8) is 0 Å². The molecule has 0 amide bonds. The predicted octanol–water partition coefficient (Wildman–Crippen LogP) is 4.12. The molecule has 4 rings (SSSR count).